The van der Waals surface area contributed by atoms with Gasteiger partial charge >= 0.3 is 0 Å². The highest BCUT2D eigenvalue weighted by Gasteiger charge is 2.60. The number of hydroxylamine groups is 1. The molecular weight excluding hydrogens is 512 g/mol. The third kappa shape index (κ3) is 3.64. The summed E-state index contributed by atoms with van der Waals surface area (Å²) < 4.78 is 6.11. The molecule has 168 valence electrons. The second-order valence-electron chi connectivity index (χ2n) is 7.72. The second kappa shape index (κ2) is 8.37. The van der Waals surface area contributed by atoms with Gasteiger partial charge in [0.25, 0.3) is 5.91 Å². The topological polar surface area (TPSA) is 79.3 Å². The van der Waals surface area contributed by atoms with Gasteiger partial charge in [-0.2, -0.15) is 0 Å². The number of hydrogen-bond donors (Lipinski definition) is 1. The van der Waals surface area contributed by atoms with Crippen molar-refractivity contribution in [2.75, 3.05) is 17.1 Å². The number of hydrogen-bond acceptors (Lipinski definition) is 6. The number of phenolic OH excluding ortho intramolecular Hbond substituents is 1. The summed E-state index contributed by atoms with van der Waals surface area (Å²) in [6.45, 7) is 0. The molecule has 2 fully saturated rings. The van der Waals surface area contributed by atoms with Crippen LogP contribution in [0.1, 0.15) is 11.6 Å². The van der Waals surface area contributed by atoms with Crippen LogP contribution in [0.4, 0.5) is 11.4 Å². The van der Waals surface area contributed by atoms with Crippen LogP contribution in [0.25, 0.3) is 0 Å². The SMILES string of the molecule is COc1cc([C@@H]2[C@H]3C(=O)N(c4ccc(Br)cc4)C(=O)[C@H]3ON2c2ccc(Cl)cc2)ccc1O. The fourth-order valence-corrected chi connectivity index (χ4v) is 4.68. The Labute approximate surface area is 203 Å². The lowest BCUT2D eigenvalue weighted by Crippen LogP contribution is -2.37. The van der Waals surface area contributed by atoms with Gasteiger partial charge in [0.1, 0.15) is 5.92 Å². The molecular formula is C24H18BrClN2O5. The molecule has 0 aliphatic carbocycles. The summed E-state index contributed by atoms with van der Waals surface area (Å²) in [6.07, 6.45) is -0.998. The zero-order chi connectivity index (χ0) is 23.3. The molecule has 2 amide bonds. The number of benzene rings is 3. The number of ether oxygens (including phenoxy) is 1. The molecule has 3 aromatic rings. The van der Waals surface area contributed by atoms with Crippen LogP contribution in [-0.2, 0) is 14.4 Å². The molecule has 2 aliphatic heterocycles. The first-order valence-electron chi connectivity index (χ1n) is 10.1. The van der Waals surface area contributed by atoms with E-state index in [2.05, 4.69) is 15.9 Å². The molecule has 3 aromatic carbocycles. The number of carbonyl (C=O) groups excluding carboxylic acids is 2. The Bertz CT molecular complexity index is 1230. The Morgan fingerprint density at radius 2 is 1.64 bits per heavy atom. The van der Waals surface area contributed by atoms with Gasteiger partial charge in [0.2, 0.25) is 5.91 Å². The van der Waals surface area contributed by atoms with E-state index in [9.17, 15) is 14.7 Å². The fraction of sp³-hybridized carbons (Fsp3) is 0.167. The van der Waals surface area contributed by atoms with E-state index in [0.717, 1.165) is 4.47 Å². The molecule has 2 saturated heterocycles. The van der Waals surface area contributed by atoms with Crippen molar-refractivity contribution in [3.63, 3.8) is 0 Å². The van der Waals surface area contributed by atoms with Gasteiger partial charge in [0.05, 0.1) is 24.5 Å². The normalized spacial score (nSPS) is 22.1. The summed E-state index contributed by atoms with van der Waals surface area (Å²) in [5.41, 5.74) is 1.78. The molecule has 33 heavy (non-hydrogen) atoms. The van der Waals surface area contributed by atoms with E-state index in [4.69, 9.17) is 21.2 Å². The number of phenols is 1. The van der Waals surface area contributed by atoms with Gasteiger partial charge in [0, 0.05) is 9.50 Å². The summed E-state index contributed by atoms with van der Waals surface area (Å²) in [5.74, 6) is -1.36. The highest BCUT2D eigenvalue weighted by molar-refractivity contribution is 9.10. The van der Waals surface area contributed by atoms with Crippen molar-refractivity contribution in [1.82, 2.24) is 0 Å². The Hall–Kier alpha value is -3.07. The molecule has 0 saturated carbocycles. The summed E-state index contributed by atoms with van der Waals surface area (Å²) in [4.78, 5) is 34.2. The molecule has 2 aliphatic rings. The van der Waals surface area contributed by atoms with Crippen molar-refractivity contribution in [2.24, 2.45) is 5.92 Å². The number of imide groups is 1. The lowest BCUT2D eigenvalue weighted by Gasteiger charge is -2.29. The lowest BCUT2D eigenvalue weighted by atomic mass is 9.90. The van der Waals surface area contributed by atoms with Gasteiger partial charge in [-0.3, -0.25) is 14.4 Å². The van der Waals surface area contributed by atoms with Crippen LogP contribution >= 0.6 is 27.5 Å². The Morgan fingerprint density at radius 1 is 0.970 bits per heavy atom. The highest BCUT2D eigenvalue weighted by Crippen LogP contribution is 2.48. The number of methoxy groups -OCH3 is 1. The molecule has 9 heteroatoms. The second-order valence-corrected chi connectivity index (χ2v) is 9.07. The van der Waals surface area contributed by atoms with Crippen molar-refractivity contribution < 1.29 is 24.3 Å². The molecule has 2 heterocycles. The minimum Gasteiger partial charge on any atom is -0.504 e. The fourth-order valence-electron chi connectivity index (χ4n) is 4.29. The maximum absolute atomic E-state index is 13.6. The molecule has 5 rings (SSSR count). The number of fused-ring (bicyclic) bond motifs is 1. The van der Waals surface area contributed by atoms with Crippen LogP contribution in [0.5, 0.6) is 11.5 Å². The summed E-state index contributed by atoms with van der Waals surface area (Å²) in [5, 5.41) is 12.2. The van der Waals surface area contributed by atoms with Crippen molar-refractivity contribution in [1.29, 1.82) is 0 Å². The first-order valence-corrected chi connectivity index (χ1v) is 11.3. The van der Waals surface area contributed by atoms with Crippen LogP contribution in [0, 0.1) is 5.92 Å². The van der Waals surface area contributed by atoms with Gasteiger partial charge in [0.15, 0.2) is 17.6 Å². The van der Waals surface area contributed by atoms with Crippen molar-refractivity contribution in [3.8, 4) is 11.5 Å². The van der Waals surface area contributed by atoms with E-state index >= 15 is 0 Å². The van der Waals surface area contributed by atoms with Gasteiger partial charge < -0.3 is 9.84 Å². The average Bonchev–Trinajstić information content (AvgIpc) is 3.32. The largest absolute Gasteiger partial charge is 0.504 e. The minimum atomic E-state index is -0.998. The number of nitrogens with zero attached hydrogens (tertiary/aromatic N) is 2. The van der Waals surface area contributed by atoms with E-state index in [1.54, 1.807) is 65.7 Å². The van der Waals surface area contributed by atoms with Gasteiger partial charge in [-0.25, -0.2) is 9.96 Å². The van der Waals surface area contributed by atoms with E-state index in [1.807, 2.05) is 0 Å². The summed E-state index contributed by atoms with van der Waals surface area (Å²) in [6, 6.07) is 18.1. The first-order chi connectivity index (χ1) is 15.9. The quantitative estimate of drug-likeness (QED) is 0.486. The van der Waals surface area contributed by atoms with Gasteiger partial charge in [-0.05, 0) is 66.2 Å². The monoisotopic (exact) mass is 528 g/mol. The third-order valence-electron chi connectivity index (χ3n) is 5.83. The lowest BCUT2D eigenvalue weighted by molar-refractivity contribution is -0.126. The number of rotatable bonds is 4. The van der Waals surface area contributed by atoms with Crippen molar-refractivity contribution in [3.05, 3.63) is 81.8 Å². The zero-order valence-electron chi connectivity index (χ0n) is 17.3. The van der Waals surface area contributed by atoms with Crippen molar-refractivity contribution in [2.45, 2.75) is 12.1 Å². The predicted octanol–water partition coefficient (Wildman–Crippen LogP) is 4.87. The van der Waals surface area contributed by atoms with Crippen LogP contribution in [0.3, 0.4) is 0 Å². The number of amides is 2. The van der Waals surface area contributed by atoms with Crippen LogP contribution in [0.15, 0.2) is 71.2 Å². The molecule has 0 bridgehead atoms. The van der Waals surface area contributed by atoms with E-state index < -0.39 is 24.0 Å². The molecule has 0 aromatic heterocycles. The third-order valence-corrected chi connectivity index (χ3v) is 6.61. The smallest absolute Gasteiger partial charge is 0.266 e. The zero-order valence-corrected chi connectivity index (χ0v) is 19.7. The Kier molecular flexibility index (Phi) is 5.52. The maximum Gasteiger partial charge on any atom is 0.266 e. The van der Waals surface area contributed by atoms with Crippen LogP contribution in [-0.4, -0.2) is 30.1 Å². The average molecular weight is 530 g/mol. The predicted molar refractivity (Wildman–Crippen MR) is 126 cm³/mol. The van der Waals surface area contributed by atoms with Crippen LogP contribution in [0.2, 0.25) is 5.02 Å². The van der Waals surface area contributed by atoms with E-state index in [0.29, 0.717) is 22.0 Å². The van der Waals surface area contributed by atoms with Gasteiger partial charge in [-0.15, -0.1) is 0 Å². The van der Waals surface area contributed by atoms with Crippen LogP contribution < -0.4 is 14.7 Å². The number of halogens is 2. The highest BCUT2D eigenvalue weighted by atomic mass is 79.9. The maximum atomic E-state index is 13.6. The number of aromatic hydroxyl groups is 1. The number of anilines is 2. The van der Waals surface area contributed by atoms with E-state index in [1.165, 1.54) is 18.1 Å². The van der Waals surface area contributed by atoms with Gasteiger partial charge in [-0.1, -0.05) is 33.6 Å². The molecule has 0 spiro atoms. The summed E-state index contributed by atoms with van der Waals surface area (Å²) in [7, 11) is 1.45. The molecule has 1 N–H and O–H groups in total. The van der Waals surface area contributed by atoms with Crippen molar-refractivity contribution >= 4 is 50.7 Å². The Morgan fingerprint density at radius 3 is 2.30 bits per heavy atom. The molecule has 7 nitrogen and oxygen atoms in total. The number of carbonyl (C=O) groups is 2. The minimum absolute atomic E-state index is 0.0277. The first kappa shape index (κ1) is 21.8. The molecule has 0 radical (unpaired) electrons. The molecule has 3 atom stereocenters. The molecule has 0 unspecified atom stereocenters. The standard InChI is InChI=1S/C24H18BrClN2O5/c1-32-19-12-13(2-11-18(19)29)21-20-22(33-28(21)17-9-5-15(26)6-10-17)24(31)27(23(20)30)16-7-3-14(25)4-8-16/h2-12,20-22,29H,1H3/t20-,21-,22+/m1/s1. The Balaban J connectivity index is 1.60. The van der Waals surface area contributed by atoms with E-state index in [-0.39, 0.29) is 17.4 Å². The summed E-state index contributed by atoms with van der Waals surface area (Å²) >= 11 is 9.42.